The predicted molar refractivity (Wildman–Crippen MR) is 87.0 cm³/mol. The van der Waals surface area contributed by atoms with Gasteiger partial charge in [0.25, 0.3) is 0 Å². The predicted octanol–water partition coefficient (Wildman–Crippen LogP) is 3.17. The standard InChI is InChI=1S/C18H23N3O/c1-14-5-6-18(22-2)16(10-14)13-21-9-3-4-15(12-21)17-11-19-7-8-20-17/h5-8,10-11,15H,3-4,9,12-13H2,1-2H3/t15-/m0/s1. The molecule has 4 nitrogen and oxygen atoms in total. The van der Waals surface area contributed by atoms with Gasteiger partial charge in [-0.1, -0.05) is 17.7 Å². The third-order valence-corrected chi connectivity index (χ3v) is 4.34. The first-order valence-electron chi connectivity index (χ1n) is 7.88. The second kappa shape index (κ2) is 6.88. The van der Waals surface area contributed by atoms with Gasteiger partial charge in [0.1, 0.15) is 5.75 Å². The van der Waals surface area contributed by atoms with Crippen LogP contribution in [-0.4, -0.2) is 35.1 Å². The Morgan fingerprint density at radius 2 is 2.23 bits per heavy atom. The van der Waals surface area contributed by atoms with Crippen molar-refractivity contribution in [3.63, 3.8) is 0 Å². The molecule has 1 aromatic carbocycles. The minimum atomic E-state index is 0.484. The van der Waals surface area contributed by atoms with Crippen molar-refractivity contribution >= 4 is 0 Å². The molecule has 0 amide bonds. The van der Waals surface area contributed by atoms with E-state index in [1.165, 1.54) is 24.0 Å². The molecule has 116 valence electrons. The first-order valence-corrected chi connectivity index (χ1v) is 7.88. The van der Waals surface area contributed by atoms with Gasteiger partial charge in [-0.15, -0.1) is 0 Å². The Balaban J connectivity index is 1.72. The van der Waals surface area contributed by atoms with Crippen LogP contribution in [0.15, 0.2) is 36.8 Å². The van der Waals surface area contributed by atoms with Gasteiger partial charge in [0.15, 0.2) is 0 Å². The van der Waals surface area contributed by atoms with E-state index in [-0.39, 0.29) is 0 Å². The van der Waals surface area contributed by atoms with Crippen molar-refractivity contribution in [1.29, 1.82) is 0 Å². The smallest absolute Gasteiger partial charge is 0.123 e. The number of hydrogen-bond donors (Lipinski definition) is 0. The third-order valence-electron chi connectivity index (χ3n) is 4.34. The second-order valence-electron chi connectivity index (χ2n) is 6.02. The largest absolute Gasteiger partial charge is 0.496 e. The van der Waals surface area contributed by atoms with Gasteiger partial charge in [0.2, 0.25) is 0 Å². The maximum absolute atomic E-state index is 5.50. The Hall–Kier alpha value is -1.94. The lowest BCUT2D eigenvalue weighted by atomic mass is 9.94. The number of hydrogen-bond acceptors (Lipinski definition) is 4. The Morgan fingerprint density at radius 3 is 3.00 bits per heavy atom. The van der Waals surface area contributed by atoms with E-state index in [4.69, 9.17) is 4.74 Å². The van der Waals surface area contributed by atoms with Crippen molar-refractivity contribution < 1.29 is 4.74 Å². The molecule has 22 heavy (non-hydrogen) atoms. The number of likely N-dealkylation sites (tertiary alicyclic amines) is 1. The quantitative estimate of drug-likeness (QED) is 0.869. The average Bonchev–Trinajstić information content (AvgIpc) is 2.56. The second-order valence-corrected chi connectivity index (χ2v) is 6.02. The molecule has 3 rings (SSSR count). The van der Waals surface area contributed by atoms with Crippen LogP contribution in [0.2, 0.25) is 0 Å². The van der Waals surface area contributed by atoms with Gasteiger partial charge in [-0.3, -0.25) is 14.9 Å². The first kappa shape index (κ1) is 15.0. The molecular weight excluding hydrogens is 274 g/mol. The summed E-state index contributed by atoms with van der Waals surface area (Å²) >= 11 is 0. The molecule has 0 radical (unpaired) electrons. The zero-order chi connectivity index (χ0) is 15.4. The zero-order valence-electron chi connectivity index (χ0n) is 13.3. The van der Waals surface area contributed by atoms with E-state index in [1.807, 2.05) is 6.20 Å². The van der Waals surface area contributed by atoms with Gasteiger partial charge < -0.3 is 4.74 Å². The normalized spacial score (nSPS) is 19.1. The Bertz CT molecular complexity index is 615. The molecule has 1 aliphatic rings. The van der Waals surface area contributed by atoms with Crippen LogP contribution in [0, 0.1) is 6.92 Å². The molecule has 1 saturated heterocycles. The zero-order valence-corrected chi connectivity index (χ0v) is 13.3. The SMILES string of the molecule is COc1ccc(C)cc1CN1CCC[C@H](c2cnccn2)C1. The van der Waals surface area contributed by atoms with Crippen molar-refractivity contribution in [2.45, 2.75) is 32.2 Å². The summed E-state index contributed by atoms with van der Waals surface area (Å²) in [4.78, 5) is 11.2. The van der Waals surface area contributed by atoms with Crippen molar-refractivity contribution in [1.82, 2.24) is 14.9 Å². The minimum Gasteiger partial charge on any atom is -0.496 e. The van der Waals surface area contributed by atoms with Gasteiger partial charge in [-0.05, 0) is 32.4 Å². The fourth-order valence-electron chi connectivity index (χ4n) is 3.23. The van der Waals surface area contributed by atoms with Crippen LogP contribution in [0.1, 0.15) is 35.6 Å². The van der Waals surface area contributed by atoms with E-state index in [9.17, 15) is 0 Å². The molecule has 1 aliphatic heterocycles. The topological polar surface area (TPSA) is 38.2 Å². The van der Waals surface area contributed by atoms with E-state index < -0.39 is 0 Å². The van der Waals surface area contributed by atoms with E-state index in [2.05, 4.69) is 40.0 Å². The molecule has 2 aromatic rings. The highest BCUT2D eigenvalue weighted by molar-refractivity contribution is 5.36. The Kier molecular flexibility index (Phi) is 4.68. The molecule has 0 spiro atoms. The Morgan fingerprint density at radius 1 is 1.32 bits per heavy atom. The van der Waals surface area contributed by atoms with Crippen LogP contribution in [0.4, 0.5) is 0 Å². The molecule has 0 bridgehead atoms. The number of benzene rings is 1. The minimum absolute atomic E-state index is 0.484. The van der Waals surface area contributed by atoms with Crippen molar-refractivity contribution in [2.24, 2.45) is 0 Å². The van der Waals surface area contributed by atoms with Gasteiger partial charge in [0.05, 0.1) is 12.8 Å². The van der Waals surface area contributed by atoms with Crippen LogP contribution in [0.3, 0.4) is 0 Å². The molecule has 0 aliphatic carbocycles. The van der Waals surface area contributed by atoms with Crippen LogP contribution in [0.25, 0.3) is 0 Å². The molecule has 1 aromatic heterocycles. The summed E-state index contributed by atoms with van der Waals surface area (Å²) < 4.78 is 5.50. The number of nitrogens with zero attached hydrogens (tertiary/aromatic N) is 3. The first-order chi connectivity index (χ1) is 10.8. The van der Waals surface area contributed by atoms with Crippen molar-refractivity contribution in [3.05, 3.63) is 53.6 Å². The van der Waals surface area contributed by atoms with Gasteiger partial charge in [-0.2, -0.15) is 0 Å². The summed E-state index contributed by atoms with van der Waals surface area (Å²) in [6.45, 7) is 5.23. The maximum atomic E-state index is 5.50. The summed E-state index contributed by atoms with van der Waals surface area (Å²) in [6, 6.07) is 6.39. The third kappa shape index (κ3) is 3.45. The number of rotatable bonds is 4. The van der Waals surface area contributed by atoms with Crippen LogP contribution in [-0.2, 0) is 6.54 Å². The highest BCUT2D eigenvalue weighted by atomic mass is 16.5. The van der Waals surface area contributed by atoms with Crippen LogP contribution < -0.4 is 4.74 Å². The van der Waals surface area contributed by atoms with Gasteiger partial charge in [-0.25, -0.2) is 0 Å². The molecular formula is C18H23N3O. The lowest BCUT2D eigenvalue weighted by Crippen LogP contribution is -2.34. The molecule has 0 unspecified atom stereocenters. The fraction of sp³-hybridized carbons (Fsp3) is 0.444. The van der Waals surface area contributed by atoms with Gasteiger partial charge in [0, 0.05) is 43.2 Å². The summed E-state index contributed by atoms with van der Waals surface area (Å²) in [5.74, 6) is 1.46. The maximum Gasteiger partial charge on any atom is 0.123 e. The average molecular weight is 297 g/mol. The highest BCUT2D eigenvalue weighted by Gasteiger charge is 2.23. The lowest BCUT2D eigenvalue weighted by molar-refractivity contribution is 0.196. The highest BCUT2D eigenvalue weighted by Crippen LogP contribution is 2.28. The number of ether oxygens (including phenoxy) is 1. The molecule has 4 heteroatoms. The molecule has 0 saturated carbocycles. The number of aromatic nitrogens is 2. The lowest BCUT2D eigenvalue weighted by Gasteiger charge is -2.32. The Labute approximate surface area is 132 Å². The van der Waals surface area contributed by atoms with E-state index >= 15 is 0 Å². The monoisotopic (exact) mass is 297 g/mol. The van der Waals surface area contributed by atoms with Crippen molar-refractivity contribution in [3.8, 4) is 5.75 Å². The van der Waals surface area contributed by atoms with E-state index in [0.29, 0.717) is 5.92 Å². The summed E-state index contributed by atoms with van der Waals surface area (Å²) in [7, 11) is 1.74. The number of piperidine rings is 1. The van der Waals surface area contributed by atoms with E-state index in [0.717, 1.165) is 31.1 Å². The summed E-state index contributed by atoms with van der Waals surface area (Å²) in [5, 5.41) is 0. The number of aryl methyl sites for hydroxylation is 1. The molecule has 1 atom stereocenters. The summed E-state index contributed by atoms with van der Waals surface area (Å²) in [6.07, 6.45) is 7.83. The molecule has 2 heterocycles. The van der Waals surface area contributed by atoms with Gasteiger partial charge >= 0.3 is 0 Å². The van der Waals surface area contributed by atoms with Crippen LogP contribution >= 0.6 is 0 Å². The summed E-state index contributed by atoms with van der Waals surface area (Å²) in [5.41, 5.74) is 3.66. The molecule has 0 N–H and O–H groups in total. The van der Waals surface area contributed by atoms with Crippen molar-refractivity contribution in [2.75, 3.05) is 20.2 Å². The fourth-order valence-corrected chi connectivity index (χ4v) is 3.23. The van der Waals surface area contributed by atoms with E-state index in [1.54, 1.807) is 19.5 Å². The van der Waals surface area contributed by atoms with Crippen LogP contribution in [0.5, 0.6) is 5.75 Å². The molecule has 1 fully saturated rings. The number of methoxy groups -OCH3 is 1.